The fourth-order valence-corrected chi connectivity index (χ4v) is 1.91. The van der Waals surface area contributed by atoms with E-state index < -0.39 is 0 Å². The largest absolute Gasteiger partial charge is 0.492 e. The predicted octanol–water partition coefficient (Wildman–Crippen LogP) is 2.46. The maximum absolute atomic E-state index is 12.7. The van der Waals surface area contributed by atoms with Gasteiger partial charge in [0.15, 0.2) is 0 Å². The molecule has 1 aromatic rings. The summed E-state index contributed by atoms with van der Waals surface area (Å²) in [6.07, 6.45) is 3.19. The number of carbonyl (C=O) groups excluding carboxylic acids is 1. The van der Waals surface area contributed by atoms with Gasteiger partial charge in [-0.3, -0.25) is 4.79 Å². The molecule has 98 valence electrons. The van der Waals surface area contributed by atoms with Crippen LogP contribution in [0.2, 0.25) is 0 Å². The Hall–Kier alpha value is -1.58. The van der Waals surface area contributed by atoms with Crippen molar-refractivity contribution >= 4 is 5.91 Å². The molecule has 0 saturated heterocycles. The topological polar surface area (TPSA) is 29.5 Å². The summed E-state index contributed by atoms with van der Waals surface area (Å²) in [5.41, 5.74) is 0. The van der Waals surface area contributed by atoms with Crippen LogP contribution in [0.15, 0.2) is 24.3 Å². The van der Waals surface area contributed by atoms with Gasteiger partial charge < -0.3 is 9.64 Å². The first-order valence-electron chi connectivity index (χ1n) is 6.30. The van der Waals surface area contributed by atoms with Gasteiger partial charge in [-0.05, 0) is 37.1 Å². The van der Waals surface area contributed by atoms with Gasteiger partial charge in [0, 0.05) is 13.0 Å². The Morgan fingerprint density at radius 2 is 2.06 bits per heavy atom. The van der Waals surface area contributed by atoms with Crippen LogP contribution in [0.4, 0.5) is 4.39 Å². The van der Waals surface area contributed by atoms with E-state index in [1.54, 1.807) is 24.1 Å². The van der Waals surface area contributed by atoms with Crippen molar-refractivity contribution in [2.45, 2.75) is 19.3 Å². The summed E-state index contributed by atoms with van der Waals surface area (Å²) in [6.45, 7) is 0.993. The molecule has 0 spiro atoms. The standard InChI is InChI=1S/C14H18FNO2/c1-16(14(17)11-3-2-4-11)9-10-18-13-7-5-12(15)6-8-13/h5-8,11H,2-4,9-10H2,1H3. The van der Waals surface area contributed by atoms with Gasteiger partial charge >= 0.3 is 0 Å². The third-order valence-electron chi connectivity index (χ3n) is 3.34. The quantitative estimate of drug-likeness (QED) is 0.804. The molecular weight excluding hydrogens is 233 g/mol. The number of ether oxygens (including phenoxy) is 1. The van der Waals surface area contributed by atoms with Gasteiger partial charge in [0.05, 0.1) is 6.54 Å². The van der Waals surface area contributed by atoms with Crippen molar-refractivity contribution in [2.75, 3.05) is 20.2 Å². The highest BCUT2D eigenvalue weighted by atomic mass is 19.1. The lowest BCUT2D eigenvalue weighted by atomic mass is 9.84. The second kappa shape index (κ2) is 5.85. The molecule has 0 heterocycles. The van der Waals surface area contributed by atoms with Crippen LogP contribution in [-0.4, -0.2) is 31.0 Å². The Kier molecular flexibility index (Phi) is 4.18. The van der Waals surface area contributed by atoms with E-state index in [4.69, 9.17) is 4.74 Å². The molecule has 18 heavy (non-hydrogen) atoms. The first kappa shape index (κ1) is 12.9. The van der Waals surface area contributed by atoms with Crippen LogP contribution in [0, 0.1) is 11.7 Å². The lowest BCUT2D eigenvalue weighted by molar-refractivity contribution is -0.137. The maximum atomic E-state index is 12.7. The van der Waals surface area contributed by atoms with Gasteiger partial charge in [-0.25, -0.2) is 4.39 Å². The highest BCUT2D eigenvalue weighted by Gasteiger charge is 2.27. The molecule has 0 radical (unpaired) electrons. The van der Waals surface area contributed by atoms with Crippen LogP contribution in [0.5, 0.6) is 5.75 Å². The number of hydrogen-bond donors (Lipinski definition) is 0. The maximum Gasteiger partial charge on any atom is 0.225 e. The highest BCUT2D eigenvalue weighted by molar-refractivity contribution is 5.79. The Morgan fingerprint density at radius 3 is 2.61 bits per heavy atom. The van der Waals surface area contributed by atoms with Crippen molar-refractivity contribution in [2.24, 2.45) is 5.92 Å². The van der Waals surface area contributed by atoms with Crippen LogP contribution in [-0.2, 0) is 4.79 Å². The van der Waals surface area contributed by atoms with E-state index in [9.17, 15) is 9.18 Å². The molecule has 1 fully saturated rings. The molecule has 1 amide bonds. The fraction of sp³-hybridized carbons (Fsp3) is 0.500. The molecule has 0 aromatic heterocycles. The number of halogens is 1. The normalized spacial score (nSPS) is 15.0. The minimum Gasteiger partial charge on any atom is -0.492 e. The van der Waals surface area contributed by atoms with Crippen molar-refractivity contribution in [3.63, 3.8) is 0 Å². The average molecular weight is 251 g/mol. The number of likely N-dealkylation sites (N-methyl/N-ethyl adjacent to an activating group) is 1. The number of benzene rings is 1. The van der Waals surface area contributed by atoms with Crippen molar-refractivity contribution < 1.29 is 13.9 Å². The summed E-state index contributed by atoms with van der Waals surface area (Å²) in [6, 6.07) is 5.89. The summed E-state index contributed by atoms with van der Waals surface area (Å²) in [5, 5.41) is 0. The molecule has 2 rings (SSSR count). The van der Waals surface area contributed by atoms with Crippen molar-refractivity contribution in [3.05, 3.63) is 30.1 Å². The summed E-state index contributed by atoms with van der Waals surface area (Å²) in [4.78, 5) is 13.5. The van der Waals surface area contributed by atoms with E-state index in [0.29, 0.717) is 18.9 Å². The van der Waals surface area contributed by atoms with Crippen molar-refractivity contribution in [1.82, 2.24) is 4.90 Å². The number of hydrogen-bond acceptors (Lipinski definition) is 2. The summed E-state index contributed by atoms with van der Waals surface area (Å²) >= 11 is 0. The second-order valence-electron chi connectivity index (χ2n) is 4.69. The molecule has 0 bridgehead atoms. The Balaban J connectivity index is 1.71. The third kappa shape index (κ3) is 3.22. The second-order valence-corrected chi connectivity index (χ2v) is 4.69. The molecule has 0 aliphatic heterocycles. The zero-order chi connectivity index (χ0) is 13.0. The van der Waals surface area contributed by atoms with Crippen LogP contribution in [0.1, 0.15) is 19.3 Å². The molecule has 4 heteroatoms. The van der Waals surface area contributed by atoms with Gasteiger partial charge in [0.1, 0.15) is 18.2 Å². The lowest BCUT2D eigenvalue weighted by Crippen LogP contribution is -2.38. The summed E-state index contributed by atoms with van der Waals surface area (Å²) < 4.78 is 18.1. The molecule has 0 N–H and O–H groups in total. The molecule has 0 unspecified atom stereocenters. The SMILES string of the molecule is CN(CCOc1ccc(F)cc1)C(=O)C1CCC1. The molecule has 1 aromatic carbocycles. The van der Waals surface area contributed by atoms with Crippen LogP contribution in [0.25, 0.3) is 0 Å². The zero-order valence-corrected chi connectivity index (χ0v) is 10.6. The van der Waals surface area contributed by atoms with Gasteiger partial charge in [-0.2, -0.15) is 0 Å². The average Bonchev–Trinajstić information content (AvgIpc) is 2.29. The Bertz CT molecular complexity index is 401. The van der Waals surface area contributed by atoms with Gasteiger partial charge in [-0.15, -0.1) is 0 Å². The molecule has 1 aliphatic rings. The van der Waals surface area contributed by atoms with Crippen molar-refractivity contribution in [1.29, 1.82) is 0 Å². The zero-order valence-electron chi connectivity index (χ0n) is 10.6. The van der Waals surface area contributed by atoms with Gasteiger partial charge in [-0.1, -0.05) is 6.42 Å². The highest BCUT2D eigenvalue weighted by Crippen LogP contribution is 2.27. The predicted molar refractivity (Wildman–Crippen MR) is 66.9 cm³/mol. The van der Waals surface area contributed by atoms with E-state index in [1.807, 2.05) is 0 Å². The monoisotopic (exact) mass is 251 g/mol. The van der Waals surface area contributed by atoms with Crippen LogP contribution < -0.4 is 4.74 Å². The number of rotatable bonds is 5. The first-order valence-corrected chi connectivity index (χ1v) is 6.30. The smallest absolute Gasteiger partial charge is 0.225 e. The van der Waals surface area contributed by atoms with Gasteiger partial charge in [0.25, 0.3) is 0 Å². The molecule has 3 nitrogen and oxygen atoms in total. The molecule has 1 saturated carbocycles. The van der Waals surface area contributed by atoms with E-state index in [-0.39, 0.29) is 17.6 Å². The lowest BCUT2D eigenvalue weighted by Gasteiger charge is -2.29. The summed E-state index contributed by atoms with van der Waals surface area (Å²) in [5.74, 6) is 0.783. The van der Waals surface area contributed by atoms with E-state index in [1.165, 1.54) is 12.1 Å². The minimum atomic E-state index is -0.278. The van der Waals surface area contributed by atoms with Crippen molar-refractivity contribution in [3.8, 4) is 5.75 Å². The Labute approximate surface area is 107 Å². The number of amides is 1. The van der Waals surface area contributed by atoms with Crippen LogP contribution in [0.3, 0.4) is 0 Å². The third-order valence-corrected chi connectivity index (χ3v) is 3.34. The summed E-state index contributed by atoms with van der Waals surface area (Å²) in [7, 11) is 1.80. The van der Waals surface area contributed by atoms with Crippen LogP contribution >= 0.6 is 0 Å². The molecule has 1 aliphatic carbocycles. The fourth-order valence-electron chi connectivity index (χ4n) is 1.91. The first-order chi connectivity index (χ1) is 8.66. The Morgan fingerprint density at radius 1 is 1.39 bits per heavy atom. The van der Waals surface area contributed by atoms with E-state index in [0.717, 1.165) is 19.3 Å². The number of nitrogens with zero attached hydrogens (tertiary/aromatic N) is 1. The number of carbonyl (C=O) groups is 1. The van der Waals surface area contributed by atoms with E-state index in [2.05, 4.69) is 0 Å². The van der Waals surface area contributed by atoms with Gasteiger partial charge in [0.2, 0.25) is 5.91 Å². The van der Waals surface area contributed by atoms with E-state index >= 15 is 0 Å². The molecule has 0 atom stereocenters. The molecular formula is C14H18FNO2. The minimum absolute atomic E-state index is 0.212.